The van der Waals surface area contributed by atoms with Crippen LogP contribution in [0.25, 0.3) is 0 Å². The van der Waals surface area contributed by atoms with Crippen molar-refractivity contribution >= 4 is 17.5 Å². The summed E-state index contributed by atoms with van der Waals surface area (Å²) in [5.74, 6) is 0.401. The van der Waals surface area contributed by atoms with Crippen LogP contribution in [0.2, 0.25) is 5.02 Å². The number of piperazine rings is 1. The number of amides is 1. The van der Waals surface area contributed by atoms with Gasteiger partial charge in [-0.25, -0.2) is 0 Å². The summed E-state index contributed by atoms with van der Waals surface area (Å²) in [5, 5.41) is 0.754. The topological polar surface area (TPSA) is 23.6 Å². The van der Waals surface area contributed by atoms with Crippen LogP contribution in [-0.2, 0) is 4.79 Å². The third-order valence-corrected chi connectivity index (χ3v) is 5.58. The first kappa shape index (κ1) is 18.9. The second kappa shape index (κ2) is 8.70. The third-order valence-electron chi connectivity index (χ3n) is 5.33. The van der Waals surface area contributed by atoms with Gasteiger partial charge in [-0.05, 0) is 29.7 Å². The van der Waals surface area contributed by atoms with Crippen LogP contribution >= 0.6 is 11.6 Å². The van der Waals surface area contributed by atoms with E-state index in [2.05, 4.69) is 48.2 Å². The quantitative estimate of drug-likeness (QED) is 0.766. The molecule has 26 heavy (non-hydrogen) atoms. The van der Waals surface area contributed by atoms with E-state index in [1.54, 1.807) is 0 Å². The van der Waals surface area contributed by atoms with Crippen molar-refractivity contribution in [3.63, 3.8) is 0 Å². The highest BCUT2D eigenvalue weighted by Crippen LogP contribution is 2.30. The van der Waals surface area contributed by atoms with Crippen molar-refractivity contribution in [2.75, 3.05) is 26.2 Å². The number of hydrogen-bond acceptors (Lipinski definition) is 2. The van der Waals surface area contributed by atoms with E-state index in [1.807, 2.05) is 30.0 Å². The highest BCUT2D eigenvalue weighted by Gasteiger charge is 2.29. The van der Waals surface area contributed by atoms with E-state index in [4.69, 9.17) is 11.6 Å². The lowest BCUT2D eigenvalue weighted by molar-refractivity contribution is -0.137. The van der Waals surface area contributed by atoms with Gasteiger partial charge < -0.3 is 4.90 Å². The summed E-state index contributed by atoms with van der Waals surface area (Å²) in [5.41, 5.74) is 2.51. The average Bonchev–Trinajstić information content (AvgIpc) is 2.70. The van der Waals surface area contributed by atoms with E-state index in [1.165, 1.54) is 11.1 Å². The number of carbonyl (C=O) groups is 1. The van der Waals surface area contributed by atoms with Gasteiger partial charge >= 0.3 is 0 Å². The Labute approximate surface area is 161 Å². The predicted molar refractivity (Wildman–Crippen MR) is 107 cm³/mol. The first-order chi connectivity index (χ1) is 12.6. The molecule has 0 aromatic heterocycles. The molecule has 2 aromatic rings. The Balaban J connectivity index is 1.79. The minimum atomic E-state index is 0.114. The molecule has 0 aliphatic carbocycles. The van der Waals surface area contributed by atoms with Gasteiger partial charge in [-0.3, -0.25) is 9.69 Å². The van der Waals surface area contributed by atoms with Crippen molar-refractivity contribution in [3.8, 4) is 0 Å². The molecular formula is C22H27ClN2O. The van der Waals surface area contributed by atoms with Crippen molar-refractivity contribution in [2.24, 2.45) is 5.92 Å². The zero-order valence-electron chi connectivity index (χ0n) is 15.6. The number of benzene rings is 2. The standard InChI is InChI=1S/C22H27ClN2O/c1-3-17(2)22(26)25-15-13-24(14-16-25)21(18-7-5-4-6-8-18)19-9-11-20(23)12-10-19/h4-12,17,21H,3,13-16H2,1-2H3. The van der Waals surface area contributed by atoms with Crippen LogP contribution in [0.3, 0.4) is 0 Å². The van der Waals surface area contributed by atoms with Gasteiger partial charge in [0.2, 0.25) is 5.91 Å². The molecule has 0 bridgehead atoms. The van der Waals surface area contributed by atoms with Gasteiger partial charge in [-0.15, -0.1) is 0 Å². The predicted octanol–water partition coefficient (Wildman–Crippen LogP) is 4.62. The molecular weight excluding hydrogens is 344 g/mol. The van der Waals surface area contributed by atoms with Crippen LogP contribution in [-0.4, -0.2) is 41.9 Å². The van der Waals surface area contributed by atoms with Crippen LogP contribution in [0.1, 0.15) is 37.4 Å². The summed E-state index contributed by atoms with van der Waals surface area (Å²) in [4.78, 5) is 17.0. The molecule has 0 spiro atoms. The minimum Gasteiger partial charge on any atom is -0.340 e. The van der Waals surface area contributed by atoms with Crippen LogP contribution in [0.5, 0.6) is 0 Å². The molecule has 2 unspecified atom stereocenters. The maximum absolute atomic E-state index is 12.5. The molecule has 1 aliphatic heterocycles. The second-order valence-corrected chi connectivity index (χ2v) is 7.47. The van der Waals surface area contributed by atoms with E-state index < -0.39 is 0 Å². The summed E-state index contributed by atoms with van der Waals surface area (Å²) >= 11 is 6.09. The highest BCUT2D eigenvalue weighted by molar-refractivity contribution is 6.30. The van der Waals surface area contributed by atoms with E-state index in [-0.39, 0.29) is 17.9 Å². The van der Waals surface area contributed by atoms with Gasteiger partial charge in [-0.2, -0.15) is 0 Å². The number of rotatable bonds is 5. The van der Waals surface area contributed by atoms with Crippen molar-refractivity contribution < 1.29 is 4.79 Å². The lowest BCUT2D eigenvalue weighted by Crippen LogP contribution is -2.51. The van der Waals surface area contributed by atoms with Crippen LogP contribution in [0.4, 0.5) is 0 Å². The Hall–Kier alpha value is -1.84. The molecule has 1 aliphatic rings. The zero-order chi connectivity index (χ0) is 18.5. The summed E-state index contributed by atoms with van der Waals surface area (Å²) in [7, 11) is 0. The summed E-state index contributed by atoms with van der Waals surface area (Å²) in [6.45, 7) is 7.44. The Bertz CT molecular complexity index is 709. The Morgan fingerprint density at radius 1 is 0.962 bits per heavy atom. The van der Waals surface area contributed by atoms with Crippen molar-refractivity contribution in [1.29, 1.82) is 0 Å². The molecule has 1 saturated heterocycles. The first-order valence-electron chi connectivity index (χ1n) is 9.43. The summed E-state index contributed by atoms with van der Waals surface area (Å²) in [6, 6.07) is 18.9. The van der Waals surface area contributed by atoms with Gasteiger partial charge in [0.15, 0.2) is 0 Å². The lowest BCUT2D eigenvalue weighted by Gasteiger charge is -2.40. The third kappa shape index (κ3) is 4.28. The molecule has 4 heteroatoms. The van der Waals surface area contributed by atoms with Gasteiger partial charge in [0.25, 0.3) is 0 Å². The minimum absolute atomic E-state index is 0.114. The number of carbonyl (C=O) groups excluding carboxylic acids is 1. The fourth-order valence-electron chi connectivity index (χ4n) is 3.58. The molecule has 138 valence electrons. The number of hydrogen-bond donors (Lipinski definition) is 0. The maximum atomic E-state index is 12.5. The molecule has 1 fully saturated rings. The van der Waals surface area contributed by atoms with Crippen LogP contribution in [0, 0.1) is 5.92 Å². The largest absolute Gasteiger partial charge is 0.340 e. The molecule has 2 atom stereocenters. The SMILES string of the molecule is CCC(C)C(=O)N1CCN(C(c2ccccc2)c2ccc(Cl)cc2)CC1. The van der Waals surface area contributed by atoms with Crippen LogP contribution < -0.4 is 0 Å². The fourth-order valence-corrected chi connectivity index (χ4v) is 3.71. The maximum Gasteiger partial charge on any atom is 0.225 e. The Morgan fingerprint density at radius 3 is 2.12 bits per heavy atom. The molecule has 3 nitrogen and oxygen atoms in total. The lowest BCUT2D eigenvalue weighted by atomic mass is 9.96. The molecule has 0 N–H and O–H groups in total. The van der Waals surface area contributed by atoms with E-state index in [0.717, 1.165) is 37.6 Å². The highest BCUT2D eigenvalue weighted by atomic mass is 35.5. The van der Waals surface area contributed by atoms with Gasteiger partial charge in [0.05, 0.1) is 6.04 Å². The monoisotopic (exact) mass is 370 g/mol. The molecule has 1 heterocycles. The smallest absolute Gasteiger partial charge is 0.225 e. The average molecular weight is 371 g/mol. The van der Waals surface area contributed by atoms with E-state index in [9.17, 15) is 4.79 Å². The van der Waals surface area contributed by atoms with Crippen molar-refractivity contribution in [2.45, 2.75) is 26.3 Å². The number of halogens is 1. The van der Waals surface area contributed by atoms with Crippen molar-refractivity contribution in [1.82, 2.24) is 9.80 Å². The Kier molecular flexibility index (Phi) is 6.33. The molecule has 0 radical (unpaired) electrons. The van der Waals surface area contributed by atoms with Gasteiger partial charge in [0.1, 0.15) is 0 Å². The first-order valence-corrected chi connectivity index (χ1v) is 9.81. The molecule has 0 saturated carbocycles. The van der Waals surface area contributed by atoms with Crippen molar-refractivity contribution in [3.05, 3.63) is 70.7 Å². The molecule has 2 aromatic carbocycles. The van der Waals surface area contributed by atoms with Gasteiger partial charge in [-0.1, -0.05) is 67.9 Å². The van der Waals surface area contributed by atoms with Gasteiger partial charge in [0, 0.05) is 37.1 Å². The fraction of sp³-hybridized carbons (Fsp3) is 0.409. The van der Waals surface area contributed by atoms with E-state index in [0.29, 0.717) is 0 Å². The molecule has 3 rings (SSSR count). The van der Waals surface area contributed by atoms with E-state index >= 15 is 0 Å². The Morgan fingerprint density at radius 2 is 1.54 bits per heavy atom. The normalized spacial score (nSPS) is 17.7. The summed E-state index contributed by atoms with van der Waals surface area (Å²) in [6.07, 6.45) is 0.899. The molecule has 1 amide bonds. The second-order valence-electron chi connectivity index (χ2n) is 7.04. The number of nitrogens with zero attached hydrogens (tertiary/aromatic N) is 2. The zero-order valence-corrected chi connectivity index (χ0v) is 16.3. The summed E-state index contributed by atoms with van der Waals surface area (Å²) < 4.78 is 0. The van der Waals surface area contributed by atoms with Crippen LogP contribution in [0.15, 0.2) is 54.6 Å².